The predicted octanol–water partition coefficient (Wildman–Crippen LogP) is 2.50. The summed E-state index contributed by atoms with van der Waals surface area (Å²) < 4.78 is 1.98. The molecule has 2 fully saturated rings. The standard InChI is InChI=1S/C20H27N5O/c1-23-10-4-6-17-14-24(11-8-18(17)23)20(26)22-13-16-5-2-3-7-19(16)25-12-9-21-15-25/h2-3,5,7,9,12,15,17-18H,4,6,8,10-11,13-14H2,1H3,(H,22,26). The summed E-state index contributed by atoms with van der Waals surface area (Å²) in [6, 6.07) is 8.81. The van der Waals surface area contributed by atoms with Gasteiger partial charge in [-0.3, -0.25) is 0 Å². The van der Waals surface area contributed by atoms with Crippen LogP contribution in [0.4, 0.5) is 4.79 Å². The normalized spacial score (nSPS) is 23.5. The average Bonchev–Trinajstić information content (AvgIpc) is 3.21. The van der Waals surface area contributed by atoms with Crippen LogP contribution in [0, 0.1) is 5.92 Å². The highest BCUT2D eigenvalue weighted by molar-refractivity contribution is 5.74. The number of para-hydroxylation sites is 1. The molecule has 138 valence electrons. The van der Waals surface area contributed by atoms with Crippen molar-refractivity contribution in [2.24, 2.45) is 5.92 Å². The zero-order valence-corrected chi connectivity index (χ0v) is 15.3. The summed E-state index contributed by atoms with van der Waals surface area (Å²) in [5, 5.41) is 3.12. The minimum absolute atomic E-state index is 0.0529. The maximum absolute atomic E-state index is 12.7. The van der Waals surface area contributed by atoms with Crippen molar-refractivity contribution in [3.05, 3.63) is 48.5 Å². The average molecular weight is 353 g/mol. The van der Waals surface area contributed by atoms with Crippen molar-refractivity contribution in [2.45, 2.75) is 31.8 Å². The minimum Gasteiger partial charge on any atom is -0.334 e. The van der Waals surface area contributed by atoms with Crippen LogP contribution in [0.1, 0.15) is 24.8 Å². The molecule has 1 aromatic carbocycles. The number of fused-ring (bicyclic) bond motifs is 1. The zero-order valence-electron chi connectivity index (χ0n) is 15.3. The second kappa shape index (κ2) is 7.50. The van der Waals surface area contributed by atoms with Gasteiger partial charge in [0.2, 0.25) is 0 Å². The first-order chi connectivity index (χ1) is 12.7. The van der Waals surface area contributed by atoms with Crippen molar-refractivity contribution in [3.63, 3.8) is 0 Å². The van der Waals surface area contributed by atoms with Crippen molar-refractivity contribution in [2.75, 3.05) is 26.7 Å². The second-order valence-electron chi connectivity index (χ2n) is 7.44. The molecule has 2 aliphatic heterocycles. The quantitative estimate of drug-likeness (QED) is 0.922. The van der Waals surface area contributed by atoms with E-state index >= 15 is 0 Å². The van der Waals surface area contributed by atoms with Gasteiger partial charge in [0.1, 0.15) is 0 Å². The molecule has 1 N–H and O–H groups in total. The van der Waals surface area contributed by atoms with Crippen LogP contribution in [0.3, 0.4) is 0 Å². The van der Waals surface area contributed by atoms with E-state index in [0.29, 0.717) is 18.5 Å². The molecular formula is C20H27N5O. The predicted molar refractivity (Wildman–Crippen MR) is 101 cm³/mol. The molecule has 26 heavy (non-hydrogen) atoms. The van der Waals surface area contributed by atoms with Crippen molar-refractivity contribution < 1.29 is 4.79 Å². The number of imidazole rings is 1. The number of hydrogen-bond acceptors (Lipinski definition) is 3. The number of benzene rings is 1. The van der Waals surface area contributed by atoms with Gasteiger partial charge in [0, 0.05) is 38.1 Å². The van der Waals surface area contributed by atoms with Crippen molar-refractivity contribution in [1.29, 1.82) is 0 Å². The molecule has 6 heteroatoms. The van der Waals surface area contributed by atoms with Gasteiger partial charge < -0.3 is 19.7 Å². The fourth-order valence-corrected chi connectivity index (χ4v) is 4.43. The summed E-state index contributed by atoms with van der Waals surface area (Å²) >= 11 is 0. The molecule has 4 rings (SSSR count). The third-order valence-electron chi connectivity index (χ3n) is 5.84. The van der Waals surface area contributed by atoms with Gasteiger partial charge in [0.25, 0.3) is 0 Å². The molecular weight excluding hydrogens is 326 g/mol. The van der Waals surface area contributed by atoms with E-state index in [1.54, 1.807) is 12.5 Å². The summed E-state index contributed by atoms with van der Waals surface area (Å²) in [7, 11) is 2.22. The number of piperidine rings is 2. The highest BCUT2D eigenvalue weighted by atomic mass is 16.2. The van der Waals surface area contributed by atoms with Crippen LogP contribution in [-0.4, -0.2) is 58.1 Å². The van der Waals surface area contributed by atoms with Gasteiger partial charge in [-0.25, -0.2) is 9.78 Å². The Bertz CT molecular complexity index is 744. The summed E-state index contributed by atoms with van der Waals surface area (Å²) in [4.78, 5) is 21.3. The molecule has 1 aromatic heterocycles. The lowest BCUT2D eigenvalue weighted by atomic mass is 9.84. The van der Waals surface area contributed by atoms with Gasteiger partial charge in [-0.05, 0) is 50.4 Å². The number of nitrogens with one attached hydrogen (secondary N) is 1. The van der Waals surface area contributed by atoms with Gasteiger partial charge in [-0.15, -0.1) is 0 Å². The largest absolute Gasteiger partial charge is 0.334 e. The Morgan fingerprint density at radius 1 is 1.27 bits per heavy atom. The van der Waals surface area contributed by atoms with Crippen LogP contribution in [0.25, 0.3) is 5.69 Å². The smallest absolute Gasteiger partial charge is 0.317 e. The maximum atomic E-state index is 12.7. The van der Waals surface area contributed by atoms with E-state index in [0.717, 1.165) is 30.8 Å². The number of likely N-dealkylation sites (tertiary alicyclic amines) is 2. The topological polar surface area (TPSA) is 53.4 Å². The Labute approximate surface area is 154 Å². The number of carbonyl (C=O) groups is 1. The lowest BCUT2D eigenvalue weighted by Crippen LogP contribution is -2.55. The van der Waals surface area contributed by atoms with Crippen LogP contribution in [0.5, 0.6) is 0 Å². The molecule has 2 aliphatic rings. The molecule has 2 amide bonds. The van der Waals surface area contributed by atoms with Gasteiger partial charge in [-0.1, -0.05) is 18.2 Å². The Balaban J connectivity index is 1.38. The third kappa shape index (κ3) is 3.46. The Morgan fingerprint density at radius 3 is 3.00 bits per heavy atom. The monoisotopic (exact) mass is 353 g/mol. The number of amides is 2. The summed E-state index contributed by atoms with van der Waals surface area (Å²) in [6.07, 6.45) is 9.03. The first-order valence-corrected chi connectivity index (χ1v) is 9.51. The molecule has 0 radical (unpaired) electrons. The number of rotatable bonds is 3. The van der Waals surface area contributed by atoms with Gasteiger partial charge in [0.15, 0.2) is 0 Å². The first-order valence-electron chi connectivity index (χ1n) is 9.51. The summed E-state index contributed by atoms with van der Waals surface area (Å²) in [6.45, 7) is 3.45. The van der Waals surface area contributed by atoms with Gasteiger partial charge in [-0.2, -0.15) is 0 Å². The van der Waals surface area contributed by atoms with Crippen LogP contribution < -0.4 is 5.32 Å². The lowest BCUT2D eigenvalue weighted by molar-refractivity contribution is 0.0515. The van der Waals surface area contributed by atoms with E-state index in [9.17, 15) is 4.79 Å². The number of nitrogens with zero attached hydrogens (tertiary/aromatic N) is 4. The second-order valence-corrected chi connectivity index (χ2v) is 7.44. The molecule has 2 atom stereocenters. The number of carbonyl (C=O) groups excluding carboxylic acids is 1. The van der Waals surface area contributed by atoms with E-state index in [-0.39, 0.29) is 6.03 Å². The van der Waals surface area contributed by atoms with Gasteiger partial charge >= 0.3 is 6.03 Å². The fraction of sp³-hybridized carbons (Fsp3) is 0.500. The molecule has 6 nitrogen and oxygen atoms in total. The van der Waals surface area contributed by atoms with Crippen molar-refractivity contribution in [1.82, 2.24) is 24.7 Å². The van der Waals surface area contributed by atoms with E-state index in [2.05, 4.69) is 28.3 Å². The van der Waals surface area contributed by atoms with Gasteiger partial charge in [0.05, 0.1) is 12.0 Å². The molecule has 2 saturated heterocycles. The minimum atomic E-state index is 0.0529. The van der Waals surface area contributed by atoms with Crippen LogP contribution in [-0.2, 0) is 6.54 Å². The maximum Gasteiger partial charge on any atom is 0.317 e. The lowest BCUT2D eigenvalue weighted by Gasteiger charge is -2.45. The SMILES string of the molecule is CN1CCCC2CN(C(=O)NCc3ccccc3-n3ccnc3)CCC21. The highest BCUT2D eigenvalue weighted by Gasteiger charge is 2.35. The summed E-state index contributed by atoms with van der Waals surface area (Å²) in [5.74, 6) is 0.617. The molecule has 2 aromatic rings. The van der Waals surface area contributed by atoms with E-state index in [1.165, 1.54) is 19.4 Å². The summed E-state index contributed by atoms with van der Waals surface area (Å²) in [5.41, 5.74) is 2.14. The van der Waals surface area contributed by atoms with Crippen molar-refractivity contribution >= 4 is 6.03 Å². The third-order valence-corrected chi connectivity index (χ3v) is 5.84. The Morgan fingerprint density at radius 2 is 2.15 bits per heavy atom. The molecule has 0 saturated carbocycles. The van der Waals surface area contributed by atoms with Crippen LogP contribution in [0.15, 0.2) is 43.0 Å². The Kier molecular flexibility index (Phi) is 4.93. The molecule has 0 spiro atoms. The van der Waals surface area contributed by atoms with Crippen LogP contribution >= 0.6 is 0 Å². The Hall–Kier alpha value is -2.34. The molecule has 0 aliphatic carbocycles. The number of aromatic nitrogens is 2. The van der Waals surface area contributed by atoms with Crippen LogP contribution in [0.2, 0.25) is 0 Å². The number of hydrogen-bond donors (Lipinski definition) is 1. The molecule has 0 bridgehead atoms. The molecule has 2 unspecified atom stereocenters. The fourth-order valence-electron chi connectivity index (χ4n) is 4.43. The highest BCUT2D eigenvalue weighted by Crippen LogP contribution is 2.29. The molecule has 3 heterocycles. The zero-order chi connectivity index (χ0) is 17.9. The number of urea groups is 1. The van der Waals surface area contributed by atoms with Crippen molar-refractivity contribution in [3.8, 4) is 5.69 Å². The first kappa shape index (κ1) is 17.1. The van der Waals surface area contributed by atoms with E-state index in [1.807, 2.05) is 33.9 Å². The van der Waals surface area contributed by atoms with E-state index < -0.39 is 0 Å². The van der Waals surface area contributed by atoms with E-state index in [4.69, 9.17) is 0 Å².